The summed E-state index contributed by atoms with van der Waals surface area (Å²) < 4.78 is 18.9. The summed E-state index contributed by atoms with van der Waals surface area (Å²) in [6, 6.07) is 31.1. The van der Waals surface area contributed by atoms with Crippen LogP contribution < -0.4 is 24.4 Å². The first kappa shape index (κ1) is 30.1. The zero-order valence-corrected chi connectivity index (χ0v) is 26.2. The fourth-order valence-corrected chi connectivity index (χ4v) is 6.36. The molecule has 0 spiro atoms. The number of thiazole rings is 1. The van der Waals surface area contributed by atoms with Crippen LogP contribution in [0.5, 0.6) is 11.5 Å². The van der Waals surface area contributed by atoms with Crippen LogP contribution in [0.25, 0.3) is 11.8 Å². The number of halogens is 1. The van der Waals surface area contributed by atoms with Crippen molar-refractivity contribution < 1.29 is 19.0 Å². The molecule has 0 radical (unpaired) electrons. The van der Waals surface area contributed by atoms with Gasteiger partial charge in [0.2, 0.25) is 0 Å². The van der Waals surface area contributed by atoms with Crippen molar-refractivity contribution in [2.75, 3.05) is 13.7 Å². The molecule has 0 N–H and O–H groups in total. The molecule has 0 bridgehead atoms. The van der Waals surface area contributed by atoms with Crippen molar-refractivity contribution >= 4 is 40.7 Å². The number of benzene rings is 4. The van der Waals surface area contributed by atoms with Gasteiger partial charge in [0, 0.05) is 10.6 Å². The summed E-state index contributed by atoms with van der Waals surface area (Å²) in [5.74, 6) is 0.833. The quantitative estimate of drug-likeness (QED) is 0.181. The van der Waals surface area contributed by atoms with Crippen molar-refractivity contribution in [1.82, 2.24) is 4.57 Å². The molecular formula is C36H29ClN2O5S. The van der Waals surface area contributed by atoms with E-state index in [9.17, 15) is 9.59 Å². The molecule has 1 aliphatic rings. The molecule has 1 atom stereocenters. The van der Waals surface area contributed by atoms with Crippen LogP contribution in [0, 0.1) is 0 Å². The van der Waals surface area contributed by atoms with Crippen molar-refractivity contribution in [2.24, 2.45) is 4.99 Å². The zero-order chi connectivity index (χ0) is 31.3. The summed E-state index contributed by atoms with van der Waals surface area (Å²) >= 11 is 7.36. The van der Waals surface area contributed by atoms with Crippen LogP contribution in [0.1, 0.15) is 35.2 Å². The molecule has 7 nitrogen and oxygen atoms in total. The van der Waals surface area contributed by atoms with Crippen LogP contribution in [0.4, 0.5) is 0 Å². The third kappa shape index (κ3) is 6.48. The van der Waals surface area contributed by atoms with Gasteiger partial charge in [-0.05, 0) is 66.1 Å². The molecule has 9 heteroatoms. The lowest BCUT2D eigenvalue weighted by Crippen LogP contribution is -2.40. The predicted octanol–water partition coefficient (Wildman–Crippen LogP) is 6.18. The minimum absolute atomic E-state index is 0.183. The first-order valence-electron chi connectivity index (χ1n) is 14.3. The van der Waals surface area contributed by atoms with Crippen LogP contribution in [0.3, 0.4) is 0 Å². The van der Waals surface area contributed by atoms with E-state index in [1.165, 1.54) is 11.3 Å². The van der Waals surface area contributed by atoms with Crippen LogP contribution >= 0.6 is 22.9 Å². The smallest absolute Gasteiger partial charge is 0.338 e. The second-order valence-corrected chi connectivity index (χ2v) is 11.6. The Morgan fingerprint density at radius 2 is 1.69 bits per heavy atom. The largest absolute Gasteiger partial charge is 0.497 e. The molecule has 0 amide bonds. The molecule has 0 fully saturated rings. The van der Waals surface area contributed by atoms with E-state index in [1.807, 2.05) is 109 Å². The van der Waals surface area contributed by atoms with Gasteiger partial charge in [0.15, 0.2) is 4.80 Å². The summed E-state index contributed by atoms with van der Waals surface area (Å²) in [4.78, 5) is 33.1. The fourth-order valence-electron chi connectivity index (χ4n) is 5.15. The highest BCUT2D eigenvalue weighted by molar-refractivity contribution is 7.07. The van der Waals surface area contributed by atoms with Crippen LogP contribution in [-0.4, -0.2) is 24.3 Å². The van der Waals surface area contributed by atoms with Gasteiger partial charge in [0.25, 0.3) is 5.56 Å². The van der Waals surface area contributed by atoms with Crippen molar-refractivity contribution in [1.29, 1.82) is 0 Å². The van der Waals surface area contributed by atoms with E-state index in [0.29, 0.717) is 43.7 Å². The Morgan fingerprint density at radius 3 is 2.38 bits per heavy atom. The van der Waals surface area contributed by atoms with E-state index >= 15 is 0 Å². The third-order valence-electron chi connectivity index (χ3n) is 7.28. The summed E-state index contributed by atoms with van der Waals surface area (Å²) in [6.45, 7) is 2.32. The summed E-state index contributed by atoms with van der Waals surface area (Å²) in [5.41, 5.74) is 3.80. The Balaban J connectivity index is 1.43. The molecule has 0 saturated carbocycles. The molecule has 1 aromatic heterocycles. The molecule has 2 heterocycles. The number of fused-ring (bicyclic) bond motifs is 1. The van der Waals surface area contributed by atoms with Gasteiger partial charge in [-0.2, -0.15) is 0 Å². The number of carbonyl (C=O) groups is 1. The van der Waals surface area contributed by atoms with Crippen molar-refractivity contribution in [3.05, 3.63) is 156 Å². The molecule has 0 unspecified atom stereocenters. The number of hydrogen-bond acceptors (Lipinski definition) is 7. The topological polar surface area (TPSA) is 79.1 Å². The molecule has 0 saturated heterocycles. The highest BCUT2D eigenvalue weighted by atomic mass is 35.5. The molecule has 1 aliphatic heterocycles. The Hall–Kier alpha value is -4.92. The highest BCUT2D eigenvalue weighted by Crippen LogP contribution is 2.35. The van der Waals surface area contributed by atoms with E-state index < -0.39 is 12.0 Å². The maximum atomic E-state index is 14.1. The number of hydrogen-bond donors (Lipinski definition) is 0. The average Bonchev–Trinajstić information content (AvgIpc) is 3.38. The lowest BCUT2D eigenvalue weighted by molar-refractivity contribution is -0.138. The predicted molar refractivity (Wildman–Crippen MR) is 176 cm³/mol. The van der Waals surface area contributed by atoms with Crippen molar-refractivity contribution in [3.63, 3.8) is 0 Å². The second kappa shape index (κ2) is 13.4. The Kier molecular flexibility index (Phi) is 8.96. The Morgan fingerprint density at radius 1 is 0.956 bits per heavy atom. The van der Waals surface area contributed by atoms with Gasteiger partial charge in [-0.15, -0.1) is 0 Å². The Bertz CT molecular complexity index is 2050. The lowest BCUT2D eigenvalue weighted by Gasteiger charge is -2.26. The van der Waals surface area contributed by atoms with E-state index in [2.05, 4.69) is 0 Å². The number of nitrogens with zero attached hydrogens (tertiary/aromatic N) is 2. The van der Waals surface area contributed by atoms with E-state index in [4.69, 9.17) is 30.8 Å². The first-order chi connectivity index (χ1) is 21.9. The van der Waals surface area contributed by atoms with Gasteiger partial charge < -0.3 is 14.2 Å². The van der Waals surface area contributed by atoms with Gasteiger partial charge in [-0.25, -0.2) is 9.79 Å². The van der Waals surface area contributed by atoms with Gasteiger partial charge in [-0.3, -0.25) is 9.36 Å². The molecular weight excluding hydrogens is 608 g/mol. The number of esters is 1. The number of carbonyl (C=O) groups excluding carboxylic acids is 1. The molecule has 226 valence electrons. The van der Waals surface area contributed by atoms with Crippen LogP contribution in [-0.2, 0) is 16.1 Å². The monoisotopic (exact) mass is 636 g/mol. The van der Waals surface area contributed by atoms with E-state index in [1.54, 1.807) is 18.6 Å². The highest BCUT2D eigenvalue weighted by Gasteiger charge is 2.35. The summed E-state index contributed by atoms with van der Waals surface area (Å²) in [6.07, 6.45) is 1.83. The maximum absolute atomic E-state index is 14.1. The molecule has 5 aromatic rings. The molecule has 6 rings (SSSR count). The SMILES string of the molecule is CCOC(=O)C1=C(c2ccccc2)N=c2s/c(=C\c3ccc(OCc4cccc(Cl)c4)cc3)c(=O)n2[C@H]1c1ccc(OC)cc1. The lowest BCUT2D eigenvalue weighted by atomic mass is 9.93. The molecule has 4 aromatic carbocycles. The van der Waals surface area contributed by atoms with Gasteiger partial charge in [0.05, 0.1) is 35.6 Å². The summed E-state index contributed by atoms with van der Waals surface area (Å²) in [5, 5.41) is 0.660. The fraction of sp³-hybridized carbons (Fsp3) is 0.139. The van der Waals surface area contributed by atoms with Gasteiger partial charge in [-0.1, -0.05) is 89.7 Å². The van der Waals surface area contributed by atoms with Gasteiger partial charge >= 0.3 is 5.97 Å². The van der Waals surface area contributed by atoms with Crippen molar-refractivity contribution in [3.8, 4) is 11.5 Å². The average molecular weight is 637 g/mol. The number of ether oxygens (including phenoxy) is 3. The minimum Gasteiger partial charge on any atom is -0.497 e. The van der Waals surface area contributed by atoms with E-state index in [-0.39, 0.29) is 12.2 Å². The summed E-state index contributed by atoms with van der Waals surface area (Å²) in [7, 11) is 1.59. The van der Waals surface area contributed by atoms with Crippen molar-refractivity contribution in [2.45, 2.75) is 19.6 Å². The maximum Gasteiger partial charge on any atom is 0.338 e. The second-order valence-electron chi connectivity index (χ2n) is 10.2. The third-order valence-corrected chi connectivity index (χ3v) is 8.50. The van der Waals surface area contributed by atoms with Gasteiger partial charge in [0.1, 0.15) is 18.1 Å². The first-order valence-corrected chi connectivity index (χ1v) is 15.5. The standard InChI is InChI=1S/C36H29ClN2O5S/c1-3-43-35(41)31-32(25-9-5-4-6-10-25)38-36-39(33(31)26-14-18-28(42-2)19-15-26)34(40)30(45-36)21-23-12-16-29(17-13-23)44-22-24-8-7-11-27(37)20-24/h4-21,33H,3,22H2,1-2H3/b30-21-/t33-/m0/s1. The van der Waals surface area contributed by atoms with Crippen LogP contribution in [0.2, 0.25) is 5.02 Å². The Labute approximate surface area is 268 Å². The number of rotatable bonds is 9. The normalized spacial score (nSPS) is 14.5. The molecule has 45 heavy (non-hydrogen) atoms. The number of aromatic nitrogens is 1. The minimum atomic E-state index is -0.758. The number of methoxy groups -OCH3 is 1. The molecule has 0 aliphatic carbocycles. The zero-order valence-electron chi connectivity index (χ0n) is 24.6. The van der Waals surface area contributed by atoms with Crippen LogP contribution in [0.15, 0.2) is 118 Å². The van der Waals surface area contributed by atoms with E-state index in [0.717, 1.165) is 22.3 Å².